The number of methoxy groups -OCH3 is 1. The molecule has 2 atom stereocenters. The average Bonchev–Trinajstić information content (AvgIpc) is 3.85. The molecule has 1 aromatic carbocycles. The van der Waals surface area contributed by atoms with Gasteiger partial charge in [0.15, 0.2) is 0 Å². The molecule has 5 amide bonds. The number of urea groups is 1. The van der Waals surface area contributed by atoms with Gasteiger partial charge in [0.25, 0.3) is 11.8 Å². The molecule has 2 heterocycles. The Morgan fingerprint density at radius 3 is 2.51 bits per heavy atom. The number of ether oxygens (including phenoxy) is 1. The molecule has 12 heteroatoms. The first-order chi connectivity index (χ1) is 18.8. The quantitative estimate of drug-likeness (QED) is 0.236. The minimum atomic E-state index is -1.24. The smallest absolute Gasteiger partial charge is 0.317 e. The number of hydrogen-bond acceptors (Lipinski definition) is 6. The van der Waals surface area contributed by atoms with Crippen LogP contribution in [0, 0.1) is 11.8 Å². The Morgan fingerprint density at radius 2 is 1.85 bits per heavy atom. The highest BCUT2D eigenvalue weighted by Crippen LogP contribution is 2.34. The zero-order valence-corrected chi connectivity index (χ0v) is 21.9. The standard InChI is InChI=1S/C27H34N6O6/c1-39-22-4-2-3-18-17(22)12-20(30-18)25(36)31-19(11-15-5-6-15)24(35)32-21(14-33-10-9-28-27(33)38)23(34)26(37)29-13-16-7-8-16/h2-4,12,15-16,19,21,30H,5-11,13-14H2,1H3,(H,28,38)(H,29,37)(H,31,36)(H,32,35)/t19-,21-/m0/s1. The van der Waals surface area contributed by atoms with Crippen molar-refractivity contribution in [3.63, 3.8) is 0 Å². The van der Waals surface area contributed by atoms with Gasteiger partial charge in [-0.05, 0) is 49.3 Å². The summed E-state index contributed by atoms with van der Waals surface area (Å²) in [5.41, 5.74) is 0.985. The molecule has 12 nitrogen and oxygen atoms in total. The number of hydrogen-bond donors (Lipinski definition) is 5. The Bertz CT molecular complexity index is 1280. The first-order valence-corrected chi connectivity index (χ1v) is 13.4. The number of nitrogens with zero attached hydrogens (tertiary/aromatic N) is 1. The summed E-state index contributed by atoms with van der Waals surface area (Å²) in [6, 6.07) is 4.56. The number of carbonyl (C=O) groups is 5. The largest absolute Gasteiger partial charge is 0.496 e. The summed E-state index contributed by atoms with van der Waals surface area (Å²) in [7, 11) is 1.55. The van der Waals surface area contributed by atoms with Crippen molar-refractivity contribution in [1.29, 1.82) is 0 Å². The van der Waals surface area contributed by atoms with E-state index in [2.05, 4.69) is 26.3 Å². The predicted octanol–water partition coefficient (Wildman–Crippen LogP) is 0.680. The lowest BCUT2D eigenvalue weighted by atomic mass is 10.1. The Hall–Kier alpha value is -4.09. The van der Waals surface area contributed by atoms with E-state index in [0.29, 0.717) is 37.7 Å². The van der Waals surface area contributed by atoms with Gasteiger partial charge >= 0.3 is 6.03 Å². The van der Waals surface area contributed by atoms with Crippen LogP contribution in [0.25, 0.3) is 10.9 Å². The summed E-state index contributed by atoms with van der Waals surface area (Å²) in [6.07, 6.45) is 4.31. The Morgan fingerprint density at radius 1 is 1.08 bits per heavy atom. The van der Waals surface area contributed by atoms with Crippen molar-refractivity contribution in [2.24, 2.45) is 11.8 Å². The number of ketones is 1. The van der Waals surface area contributed by atoms with Crippen LogP contribution in [0.5, 0.6) is 5.75 Å². The third kappa shape index (κ3) is 6.50. The van der Waals surface area contributed by atoms with Crippen LogP contribution in [0.2, 0.25) is 0 Å². The van der Waals surface area contributed by atoms with Crippen molar-refractivity contribution in [3.05, 3.63) is 30.0 Å². The molecular formula is C27H34N6O6. The van der Waals surface area contributed by atoms with Gasteiger partial charge in [0.2, 0.25) is 11.7 Å². The maximum atomic E-state index is 13.5. The van der Waals surface area contributed by atoms with E-state index in [-0.39, 0.29) is 24.2 Å². The molecule has 0 radical (unpaired) electrons. The third-order valence-corrected chi connectivity index (χ3v) is 7.43. The molecule has 2 saturated carbocycles. The Kier molecular flexibility index (Phi) is 7.71. The third-order valence-electron chi connectivity index (χ3n) is 7.43. The molecule has 0 bridgehead atoms. The molecule has 5 rings (SSSR count). The highest BCUT2D eigenvalue weighted by Gasteiger charge is 2.36. The zero-order valence-electron chi connectivity index (χ0n) is 21.9. The van der Waals surface area contributed by atoms with E-state index in [1.165, 1.54) is 4.90 Å². The highest BCUT2D eigenvalue weighted by atomic mass is 16.5. The molecule has 39 heavy (non-hydrogen) atoms. The molecule has 3 fully saturated rings. The summed E-state index contributed by atoms with van der Waals surface area (Å²) in [5, 5.41) is 11.5. The molecule has 208 valence electrons. The number of carbonyl (C=O) groups excluding carboxylic acids is 5. The number of fused-ring (bicyclic) bond motifs is 1. The minimum absolute atomic E-state index is 0.140. The van der Waals surface area contributed by atoms with E-state index in [0.717, 1.165) is 36.6 Å². The van der Waals surface area contributed by atoms with Crippen LogP contribution in [0.1, 0.15) is 42.6 Å². The molecular weight excluding hydrogens is 504 g/mol. The number of amides is 5. The maximum Gasteiger partial charge on any atom is 0.317 e. The van der Waals surface area contributed by atoms with Gasteiger partial charge in [0.05, 0.1) is 13.7 Å². The summed E-state index contributed by atoms with van der Waals surface area (Å²) in [6.45, 7) is 1.04. The van der Waals surface area contributed by atoms with E-state index < -0.39 is 35.6 Å². The van der Waals surface area contributed by atoms with Crippen molar-refractivity contribution >= 4 is 40.4 Å². The molecule has 0 unspecified atom stereocenters. The molecule has 1 aromatic heterocycles. The molecule has 1 saturated heterocycles. The van der Waals surface area contributed by atoms with Crippen molar-refractivity contribution in [3.8, 4) is 5.75 Å². The van der Waals surface area contributed by atoms with Crippen LogP contribution in [0.15, 0.2) is 24.3 Å². The predicted molar refractivity (Wildman–Crippen MR) is 141 cm³/mol. The van der Waals surface area contributed by atoms with Crippen molar-refractivity contribution in [2.75, 3.05) is 33.3 Å². The molecule has 2 aromatic rings. The SMILES string of the molecule is COc1cccc2[nH]c(C(=O)N[C@@H](CC3CC3)C(=O)N[C@@H](CN3CCNC3=O)C(=O)C(=O)NCC3CC3)cc12. The van der Waals surface area contributed by atoms with Crippen LogP contribution >= 0.6 is 0 Å². The first-order valence-electron chi connectivity index (χ1n) is 13.4. The molecule has 2 aliphatic carbocycles. The second kappa shape index (κ2) is 11.3. The summed E-state index contributed by atoms with van der Waals surface area (Å²) in [4.78, 5) is 68.9. The molecule has 5 N–H and O–H groups in total. The van der Waals surface area contributed by atoms with E-state index in [1.54, 1.807) is 25.3 Å². The van der Waals surface area contributed by atoms with Crippen LogP contribution < -0.4 is 26.0 Å². The van der Waals surface area contributed by atoms with E-state index >= 15 is 0 Å². The fourth-order valence-electron chi connectivity index (χ4n) is 4.76. The fourth-order valence-corrected chi connectivity index (χ4v) is 4.76. The molecule has 3 aliphatic rings. The highest BCUT2D eigenvalue weighted by molar-refractivity contribution is 6.38. The lowest BCUT2D eigenvalue weighted by Crippen LogP contribution is -2.57. The normalized spacial score (nSPS) is 18.3. The van der Waals surface area contributed by atoms with Gasteiger partial charge in [0, 0.05) is 30.5 Å². The number of Topliss-reactive ketones (excluding diaryl/α,β-unsaturated/α-hetero) is 1. The zero-order chi connectivity index (χ0) is 27.5. The van der Waals surface area contributed by atoms with Crippen LogP contribution in [-0.2, 0) is 14.4 Å². The maximum absolute atomic E-state index is 13.5. The topological polar surface area (TPSA) is 162 Å². The fraction of sp³-hybridized carbons (Fsp3) is 0.519. The minimum Gasteiger partial charge on any atom is -0.496 e. The van der Waals surface area contributed by atoms with Crippen molar-refractivity contribution < 1.29 is 28.7 Å². The number of nitrogens with one attached hydrogen (secondary N) is 5. The summed E-state index contributed by atoms with van der Waals surface area (Å²) < 4.78 is 5.37. The second-order valence-corrected chi connectivity index (χ2v) is 10.6. The second-order valence-electron chi connectivity index (χ2n) is 10.6. The number of rotatable bonds is 13. The average molecular weight is 539 g/mol. The number of aromatic nitrogens is 1. The van der Waals surface area contributed by atoms with E-state index in [9.17, 15) is 24.0 Å². The Balaban J connectivity index is 1.30. The van der Waals surface area contributed by atoms with Gasteiger partial charge in [-0.25, -0.2) is 4.79 Å². The lowest BCUT2D eigenvalue weighted by molar-refractivity contribution is -0.140. The van der Waals surface area contributed by atoms with Crippen LogP contribution in [-0.4, -0.2) is 84.8 Å². The van der Waals surface area contributed by atoms with Gasteiger partial charge in [0.1, 0.15) is 23.5 Å². The van der Waals surface area contributed by atoms with E-state index in [1.807, 2.05) is 6.07 Å². The van der Waals surface area contributed by atoms with Crippen molar-refractivity contribution in [2.45, 2.75) is 44.2 Å². The van der Waals surface area contributed by atoms with Gasteiger partial charge < -0.3 is 35.9 Å². The monoisotopic (exact) mass is 538 g/mol. The van der Waals surface area contributed by atoms with Gasteiger partial charge in [-0.2, -0.15) is 0 Å². The first kappa shape index (κ1) is 26.5. The van der Waals surface area contributed by atoms with Crippen LogP contribution in [0.4, 0.5) is 4.79 Å². The number of aromatic amines is 1. The molecule has 0 spiro atoms. The number of H-pyrrole nitrogens is 1. The summed E-state index contributed by atoms with van der Waals surface area (Å²) >= 11 is 0. The van der Waals surface area contributed by atoms with Gasteiger partial charge in [-0.1, -0.05) is 18.9 Å². The number of benzene rings is 1. The van der Waals surface area contributed by atoms with Crippen LogP contribution in [0.3, 0.4) is 0 Å². The summed E-state index contributed by atoms with van der Waals surface area (Å²) in [5.74, 6) is -1.38. The van der Waals surface area contributed by atoms with Gasteiger partial charge in [-0.3, -0.25) is 19.2 Å². The molecule has 1 aliphatic heterocycles. The lowest BCUT2D eigenvalue weighted by Gasteiger charge is -2.25. The van der Waals surface area contributed by atoms with Crippen molar-refractivity contribution in [1.82, 2.24) is 31.2 Å². The van der Waals surface area contributed by atoms with E-state index in [4.69, 9.17) is 4.74 Å². The Labute approximate surface area is 225 Å². The van der Waals surface area contributed by atoms with Gasteiger partial charge in [-0.15, -0.1) is 0 Å².